The van der Waals surface area contributed by atoms with Crippen LogP contribution in [0.15, 0.2) is 0 Å². The van der Waals surface area contributed by atoms with Gasteiger partial charge in [0.25, 0.3) is 0 Å². The van der Waals surface area contributed by atoms with Gasteiger partial charge in [-0.05, 0) is 26.8 Å². The minimum absolute atomic E-state index is 0.0254. The lowest BCUT2D eigenvalue weighted by Crippen LogP contribution is -2.42. The number of amides is 1. The molecule has 13 heavy (non-hydrogen) atoms. The number of hydrogen-bond acceptors (Lipinski definition) is 3. The van der Waals surface area contributed by atoms with Crippen molar-refractivity contribution in [1.82, 2.24) is 5.32 Å². The van der Waals surface area contributed by atoms with Crippen LogP contribution >= 0.6 is 0 Å². The van der Waals surface area contributed by atoms with Crippen LogP contribution in [0.5, 0.6) is 0 Å². The summed E-state index contributed by atoms with van der Waals surface area (Å²) in [5.41, 5.74) is 5.04. The normalized spacial score (nSPS) is 26.2. The van der Waals surface area contributed by atoms with Crippen LogP contribution in [0.2, 0.25) is 0 Å². The molecule has 4 heteroatoms. The zero-order valence-corrected chi connectivity index (χ0v) is 8.30. The molecule has 1 aliphatic heterocycles. The van der Waals surface area contributed by atoms with Gasteiger partial charge in [0.2, 0.25) is 5.91 Å². The van der Waals surface area contributed by atoms with Crippen molar-refractivity contribution in [2.75, 3.05) is 13.2 Å². The number of carbonyl (C=O) groups is 1. The van der Waals surface area contributed by atoms with Crippen molar-refractivity contribution < 1.29 is 9.53 Å². The Hall–Kier alpha value is -0.610. The van der Waals surface area contributed by atoms with Gasteiger partial charge in [0, 0.05) is 12.0 Å². The van der Waals surface area contributed by atoms with Gasteiger partial charge in [0.15, 0.2) is 0 Å². The van der Waals surface area contributed by atoms with Crippen LogP contribution in [0.25, 0.3) is 0 Å². The lowest BCUT2D eigenvalue weighted by Gasteiger charge is -2.26. The van der Waals surface area contributed by atoms with Gasteiger partial charge in [-0.25, -0.2) is 0 Å². The Labute approximate surface area is 78.8 Å². The Morgan fingerprint density at radius 3 is 2.85 bits per heavy atom. The molecule has 1 unspecified atom stereocenters. The first-order valence-electron chi connectivity index (χ1n) is 4.67. The van der Waals surface area contributed by atoms with Crippen LogP contribution in [0.3, 0.4) is 0 Å². The number of nitrogens with two attached hydrogens (primary N) is 1. The molecular formula is C9H18N2O2. The minimum Gasteiger partial charge on any atom is -0.376 e. The molecule has 3 N–H and O–H groups in total. The summed E-state index contributed by atoms with van der Waals surface area (Å²) in [4.78, 5) is 10.5. The first-order chi connectivity index (χ1) is 6.02. The second-order valence-electron chi connectivity index (χ2n) is 4.01. The average Bonchev–Trinajstić information content (AvgIpc) is 2.30. The van der Waals surface area contributed by atoms with Crippen molar-refractivity contribution in [1.29, 1.82) is 0 Å². The summed E-state index contributed by atoms with van der Waals surface area (Å²) >= 11 is 0. The fraction of sp³-hybridized carbons (Fsp3) is 0.889. The molecule has 76 valence electrons. The first kappa shape index (κ1) is 10.5. The second-order valence-corrected chi connectivity index (χ2v) is 4.01. The molecule has 0 saturated carbocycles. The van der Waals surface area contributed by atoms with E-state index in [2.05, 4.69) is 19.2 Å². The number of ether oxygens (including phenoxy) is 1. The van der Waals surface area contributed by atoms with E-state index in [1.54, 1.807) is 0 Å². The van der Waals surface area contributed by atoms with Crippen LogP contribution in [-0.2, 0) is 9.53 Å². The van der Waals surface area contributed by atoms with Crippen molar-refractivity contribution >= 4 is 5.91 Å². The van der Waals surface area contributed by atoms with Gasteiger partial charge in [0.05, 0.1) is 12.7 Å². The predicted molar refractivity (Wildman–Crippen MR) is 50.3 cm³/mol. The van der Waals surface area contributed by atoms with Gasteiger partial charge < -0.3 is 15.8 Å². The number of carbonyl (C=O) groups excluding carboxylic acids is 1. The average molecular weight is 186 g/mol. The van der Waals surface area contributed by atoms with Crippen LogP contribution in [-0.4, -0.2) is 30.7 Å². The summed E-state index contributed by atoms with van der Waals surface area (Å²) in [5.74, 6) is -0.302. The largest absolute Gasteiger partial charge is 0.376 e. The van der Waals surface area contributed by atoms with E-state index < -0.39 is 0 Å². The number of primary amides is 1. The van der Waals surface area contributed by atoms with Gasteiger partial charge in [-0.15, -0.1) is 0 Å². The van der Waals surface area contributed by atoms with Gasteiger partial charge in [0.1, 0.15) is 0 Å². The SMILES string of the molecule is CC1(C)NCCC1OCCC(N)=O. The van der Waals surface area contributed by atoms with Gasteiger partial charge in [-0.1, -0.05) is 0 Å². The summed E-state index contributed by atoms with van der Waals surface area (Å²) < 4.78 is 5.57. The van der Waals surface area contributed by atoms with Gasteiger partial charge in [-0.2, -0.15) is 0 Å². The highest BCUT2D eigenvalue weighted by atomic mass is 16.5. The van der Waals surface area contributed by atoms with Crippen LogP contribution in [0, 0.1) is 0 Å². The first-order valence-corrected chi connectivity index (χ1v) is 4.67. The quantitative estimate of drug-likeness (QED) is 0.650. The second kappa shape index (κ2) is 4.07. The Balaban J connectivity index is 2.25. The zero-order chi connectivity index (χ0) is 9.90. The fourth-order valence-corrected chi connectivity index (χ4v) is 1.59. The van der Waals surface area contributed by atoms with Gasteiger partial charge in [-0.3, -0.25) is 4.79 Å². The van der Waals surface area contributed by atoms with E-state index in [-0.39, 0.29) is 17.6 Å². The molecule has 0 aromatic heterocycles. The van der Waals surface area contributed by atoms with E-state index in [9.17, 15) is 4.79 Å². The molecule has 1 saturated heterocycles. The minimum atomic E-state index is -0.302. The van der Waals surface area contributed by atoms with Crippen molar-refractivity contribution in [3.63, 3.8) is 0 Å². The highest BCUT2D eigenvalue weighted by Gasteiger charge is 2.34. The monoisotopic (exact) mass is 186 g/mol. The Kier molecular flexibility index (Phi) is 3.27. The topological polar surface area (TPSA) is 64.3 Å². The molecule has 0 aromatic rings. The summed E-state index contributed by atoms with van der Waals surface area (Å²) in [6.45, 7) is 5.63. The molecule has 1 heterocycles. The Morgan fingerprint density at radius 2 is 2.38 bits per heavy atom. The van der Waals surface area contributed by atoms with E-state index in [1.165, 1.54) is 0 Å². The maximum Gasteiger partial charge on any atom is 0.219 e. The van der Waals surface area contributed by atoms with E-state index in [0.29, 0.717) is 13.0 Å². The van der Waals surface area contributed by atoms with Crippen LogP contribution in [0.4, 0.5) is 0 Å². The highest BCUT2D eigenvalue weighted by Crippen LogP contribution is 2.21. The molecular weight excluding hydrogens is 168 g/mol. The van der Waals surface area contributed by atoms with Crippen molar-refractivity contribution in [2.45, 2.75) is 38.3 Å². The van der Waals surface area contributed by atoms with Crippen LogP contribution < -0.4 is 11.1 Å². The Morgan fingerprint density at radius 1 is 1.69 bits per heavy atom. The molecule has 1 aliphatic rings. The maximum atomic E-state index is 10.5. The highest BCUT2D eigenvalue weighted by molar-refractivity contribution is 5.73. The van der Waals surface area contributed by atoms with E-state index >= 15 is 0 Å². The lowest BCUT2D eigenvalue weighted by atomic mass is 10.00. The number of hydrogen-bond donors (Lipinski definition) is 2. The Bertz CT molecular complexity index is 192. The number of nitrogens with one attached hydrogen (secondary N) is 1. The molecule has 0 aliphatic carbocycles. The van der Waals surface area contributed by atoms with Crippen molar-refractivity contribution in [2.24, 2.45) is 5.73 Å². The molecule has 1 fully saturated rings. The molecule has 0 bridgehead atoms. The molecule has 0 spiro atoms. The maximum absolute atomic E-state index is 10.5. The summed E-state index contributed by atoms with van der Waals surface area (Å²) in [5, 5.41) is 3.34. The third kappa shape index (κ3) is 2.97. The van der Waals surface area contributed by atoms with E-state index in [4.69, 9.17) is 10.5 Å². The summed E-state index contributed by atoms with van der Waals surface area (Å²) in [6.07, 6.45) is 1.52. The standard InChI is InChI=1S/C9H18N2O2/c1-9(2)7(3-5-11-9)13-6-4-8(10)12/h7,11H,3-6H2,1-2H3,(H2,10,12). The molecule has 4 nitrogen and oxygen atoms in total. The van der Waals surface area contributed by atoms with E-state index in [1.807, 2.05) is 0 Å². The zero-order valence-electron chi connectivity index (χ0n) is 8.30. The molecule has 0 radical (unpaired) electrons. The smallest absolute Gasteiger partial charge is 0.219 e. The van der Waals surface area contributed by atoms with Gasteiger partial charge >= 0.3 is 0 Å². The molecule has 1 atom stereocenters. The number of rotatable bonds is 4. The molecule has 1 amide bonds. The third-order valence-corrected chi connectivity index (χ3v) is 2.46. The van der Waals surface area contributed by atoms with Crippen LogP contribution in [0.1, 0.15) is 26.7 Å². The summed E-state index contributed by atoms with van der Waals surface area (Å²) in [7, 11) is 0. The van der Waals surface area contributed by atoms with Crippen molar-refractivity contribution in [3.8, 4) is 0 Å². The lowest BCUT2D eigenvalue weighted by molar-refractivity contribution is -0.119. The van der Waals surface area contributed by atoms with Crippen molar-refractivity contribution in [3.05, 3.63) is 0 Å². The molecule has 0 aromatic carbocycles. The fourth-order valence-electron chi connectivity index (χ4n) is 1.59. The predicted octanol–water partition coefficient (Wildman–Crippen LogP) is 0.0189. The third-order valence-electron chi connectivity index (χ3n) is 2.46. The summed E-state index contributed by atoms with van der Waals surface area (Å²) in [6, 6.07) is 0. The van der Waals surface area contributed by atoms with E-state index in [0.717, 1.165) is 13.0 Å². The molecule has 1 rings (SSSR count).